The molecule has 0 saturated heterocycles. The van der Waals surface area contributed by atoms with Crippen LogP contribution in [0.2, 0.25) is 0 Å². The Hall–Kier alpha value is -1.94. The predicted octanol–water partition coefficient (Wildman–Crippen LogP) is 4.38. The van der Waals surface area contributed by atoms with Gasteiger partial charge in [0.25, 0.3) is 0 Å². The van der Waals surface area contributed by atoms with Crippen LogP contribution in [0.15, 0.2) is 42.5 Å². The van der Waals surface area contributed by atoms with Crippen LogP contribution in [-0.4, -0.2) is 4.99 Å². The molecule has 0 aliphatic rings. The third kappa shape index (κ3) is 3.33. The minimum Gasteiger partial charge on any atom is -0.454 e. The maximum Gasteiger partial charge on any atom is 0.166 e. The van der Waals surface area contributed by atoms with Gasteiger partial charge in [-0.15, -0.1) is 0 Å². The fourth-order valence-corrected chi connectivity index (χ4v) is 1.93. The van der Waals surface area contributed by atoms with E-state index in [2.05, 4.69) is 13.8 Å². The minimum atomic E-state index is -0.481. The molecule has 0 heterocycles. The number of benzene rings is 2. The highest BCUT2D eigenvalue weighted by atomic mass is 32.1. The van der Waals surface area contributed by atoms with Crippen LogP contribution >= 0.6 is 12.2 Å². The second-order valence-corrected chi connectivity index (χ2v) is 5.28. The Morgan fingerprint density at radius 2 is 1.95 bits per heavy atom. The Bertz CT molecular complexity index is 640. The molecule has 104 valence electrons. The summed E-state index contributed by atoms with van der Waals surface area (Å²) in [6, 6.07) is 12.1. The quantitative estimate of drug-likeness (QED) is 0.849. The minimum absolute atomic E-state index is 0.158. The number of ether oxygens (including phenoxy) is 1. The number of halogens is 1. The number of nitrogens with two attached hydrogens (primary N) is 1. The van der Waals surface area contributed by atoms with Gasteiger partial charge in [-0.05, 0) is 41.8 Å². The summed E-state index contributed by atoms with van der Waals surface area (Å²) in [5, 5.41) is 0. The third-order valence-electron chi connectivity index (χ3n) is 2.97. The summed E-state index contributed by atoms with van der Waals surface area (Å²) in [6.07, 6.45) is 0. The first-order valence-electron chi connectivity index (χ1n) is 6.34. The van der Waals surface area contributed by atoms with Crippen molar-refractivity contribution in [3.05, 3.63) is 59.4 Å². The highest BCUT2D eigenvalue weighted by Crippen LogP contribution is 2.27. The molecule has 0 atom stereocenters. The van der Waals surface area contributed by atoms with Crippen molar-refractivity contribution in [3.63, 3.8) is 0 Å². The molecule has 2 aromatic rings. The van der Waals surface area contributed by atoms with E-state index in [1.807, 2.05) is 18.2 Å². The van der Waals surface area contributed by atoms with Crippen LogP contribution < -0.4 is 10.5 Å². The maximum atomic E-state index is 13.9. The van der Waals surface area contributed by atoms with Crippen molar-refractivity contribution in [3.8, 4) is 11.5 Å². The second kappa shape index (κ2) is 6.01. The molecule has 2 rings (SSSR count). The first-order valence-corrected chi connectivity index (χ1v) is 6.75. The van der Waals surface area contributed by atoms with Crippen molar-refractivity contribution in [1.82, 2.24) is 0 Å². The van der Waals surface area contributed by atoms with Gasteiger partial charge in [0, 0.05) is 5.56 Å². The second-order valence-electron chi connectivity index (χ2n) is 4.84. The number of thiocarbonyl (C=S) groups is 1. The summed E-state index contributed by atoms with van der Waals surface area (Å²) in [5.41, 5.74) is 7.09. The summed E-state index contributed by atoms with van der Waals surface area (Å²) < 4.78 is 19.5. The van der Waals surface area contributed by atoms with Crippen LogP contribution in [-0.2, 0) is 0 Å². The van der Waals surface area contributed by atoms with Gasteiger partial charge in [-0.3, -0.25) is 0 Å². The van der Waals surface area contributed by atoms with Gasteiger partial charge in [-0.25, -0.2) is 4.39 Å². The standard InChI is InChI=1S/C16H16FNOS/c1-10(2)11-4-3-5-13(8-11)19-15-7-6-12(16(18)20)9-14(15)17/h3-10H,1-2H3,(H2,18,20). The molecule has 0 amide bonds. The first-order chi connectivity index (χ1) is 9.47. The molecule has 20 heavy (non-hydrogen) atoms. The summed E-state index contributed by atoms with van der Waals surface area (Å²) >= 11 is 4.81. The number of hydrogen-bond donors (Lipinski definition) is 1. The predicted molar refractivity (Wildman–Crippen MR) is 82.9 cm³/mol. The molecular weight excluding hydrogens is 273 g/mol. The van der Waals surface area contributed by atoms with E-state index in [4.69, 9.17) is 22.7 Å². The van der Waals surface area contributed by atoms with E-state index in [0.29, 0.717) is 17.2 Å². The van der Waals surface area contributed by atoms with Gasteiger partial charge in [-0.2, -0.15) is 0 Å². The molecule has 0 bridgehead atoms. The van der Waals surface area contributed by atoms with Crippen LogP contribution in [0.3, 0.4) is 0 Å². The van der Waals surface area contributed by atoms with Gasteiger partial charge in [0.2, 0.25) is 0 Å². The summed E-state index contributed by atoms with van der Waals surface area (Å²) in [7, 11) is 0. The van der Waals surface area contributed by atoms with Gasteiger partial charge in [-0.1, -0.05) is 38.2 Å². The lowest BCUT2D eigenvalue weighted by Gasteiger charge is -2.11. The Balaban J connectivity index is 2.26. The molecule has 0 aliphatic heterocycles. The van der Waals surface area contributed by atoms with Gasteiger partial charge in [0.15, 0.2) is 11.6 Å². The largest absolute Gasteiger partial charge is 0.454 e. The van der Waals surface area contributed by atoms with E-state index in [9.17, 15) is 4.39 Å². The van der Waals surface area contributed by atoms with Crippen molar-refractivity contribution < 1.29 is 9.13 Å². The highest BCUT2D eigenvalue weighted by Gasteiger charge is 2.08. The van der Waals surface area contributed by atoms with E-state index >= 15 is 0 Å². The van der Waals surface area contributed by atoms with Gasteiger partial charge in [0.1, 0.15) is 10.7 Å². The fourth-order valence-electron chi connectivity index (χ4n) is 1.80. The van der Waals surface area contributed by atoms with Crippen LogP contribution in [0.4, 0.5) is 4.39 Å². The van der Waals surface area contributed by atoms with Crippen LogP contribution in [0.25, 0.3) is 0 Å². The first kappa shape index (κ1) is 14.5. The summed E-state index contributed by atoms with van der Waals surface area (Å²) in [4.78, 5) is 0.164. The Kier molecular flexibility index (Phi) is 4.35. The van der Waals surface area contributed by atoms with Gasteiger partial charge < -0.3 is 10.5 Å². The lowest BCUT2D eigenvalue weighted by molar-refractivity contribution is 0.441. The van der Waals surface area contributed by atoms with Crippen LogP contribution in [0, 0.1) is 5.82 Å². The third-order valence-corrected chi connectivity index (χ3v) is 3.20. The van der Waals surface area contributed by atoms with Gasteiger partial charge >= 0.3 is 0 Å². The Morgan fingerprint density at radius 3 is 2.55 bits per heavy atom. The Morgan fingerprint density at radius 1 is 1.20 bits per heavy atom. The van der Waals surface area contributed by atoms with E-state index in [1.165, 1.54) is 12.1 Å². The summed E-state index contributed by atoms with van der Waals surface area (Å²) in [5.74, 6) is 0.676. The zero-order valence-corrected chi connectivity index (χ0v) is 12.2. The Labute approximate surface area is 123 Å². The molecule has 0 aliphatic carbocycles. The van der Waals surface area contributed by atoms with Crippen LogP contribution in [0.1, 0.15) is 30.9 Å². The molecule has 0 fully saturated rings. The smallest absolute Gasteiger partial charge is 0.166 e. The molecule has 0 unspecified atom stereocenters. The SMILES string of the molecule is CC(C)c1cccc(Oc2ccc(C(N)=S)cc2F)c1. The molecule has 0 aromatic heterocycles. The van der Waals surface area contributed by atoms with E-state index in [1.54, 1.807) is 12.1 Å². The molecule has 2 nitrogen and oxygen atoms in total. The molecule has 2 N–H and O–H groups in total. The summed E-state index contributed by atoms with van der Waals surface area (Å²) in [6.45, 7) is 4.19. The zero-order chi connectivity index (χ0) is 14.7. The van der Waals surface area contributed by atoms with Crippen molar-refractivity contribution in [2.75, 3.05) is 0 Å². The van der Waals surface area contributed by atoms with E-state index in [-0.39, 0.29) is 10.7 Å². The number of hydrogen-bond acceptors (Lipinski definition) is 2. The maximum absolute atomic E-state index is 13.9. The van der Waals surface area contributed by atoms with E-state index in [0.717, 1.165) is 5.56 Å². The molecule has 0 spiro atoms. The topological polar surface area (TPSA) is 35.2 Å². The molecule has 0 saturated carbocycles. The lowest BCUT2D eigenvalue weighted by atomic mass is 10.0. The molecule has 4 heteroatoms. The lowest BCUT2D eigenvalue weighted by Crippen LogP contribution is -2.09. The average molecular weight is 289 g/mol. The zero-order valence-electron chi connectivity index (χ0n) is 11.4. The fraction of sp³-hybridized carbons (Fsp3) is 0.188. The van der Waals surface area contributed by atoms with Crippen LogP contribution in [0.5, 0.6) is 11.5 Å². The van der Waals surface area contributed by atoms with E-state index < -0.39 is 5.82 Å². The molecular formula is C16H16FNOS. The normalized spacial score (nSPS) is 10.6. The highest BCUT2D eigenvalue weighted by molar-refractivity contribution is 7.80. The molecule has 0 radical (unpaired) electrons. The van der Waals surface area contributed by atoms with Crippen molar-refractivity contribution >= 4 is 17.2 Å². The van der Waals surface area contributed by atoms with Gasteiger partial charge in [0.05, 0.1) is 0 Å². The number of rotatable bonds is 4. The average Bonchev–Trinajstić information content (AvgIpc) is 2.41. The van der Waals surface area contributed by atoms with Crippen molar-refractivity contribution in [1.29, 1.82) is 0 Å². The van der Waals surface area contributed by atoms with Crippen molar-refractivity contribution in [2.24, 2.45) is 5.73 Å². The van der Waals surface area contributed by atoms with Crippen molar-refractivity contribution in [2.45, 2.75) is 19.8 Å². The molecule has 2 aromatic carbocycles. The monoisotopic (exact) mass is 289 g/mol.